The van der Waals surface area contributed by atoms with Crippen molar-refractivity contribution in [3.8, 4) is 11.6 Å². The van der Waals surface area contributed by atoms with E-state index in [4.69, 9.17) is 10.5 Å². The molecule has 18 heavy (non-hydrogen) atoms. The Bertz CT molecular complexity index is 690. The van der Waals surface area contributed by atoms with Crippen LogP contribution in [0.15, 0.2) is 47.2 Å². The minimum absolute atomic E-state index is 0.500. The number of ether oxygens (including phenoxy) is 1. The van der Waals surface area contributed by atoms with Crippen molar-refractivity contribution in [2.45, 2.75) is 0 Å². The maximum Gasteiger partial charge on any atom is 0.222 e. The summed E-state index contributed by atoms with van der Waals surface area (Å²) in [6.07, 6.45) is 3.47. The molecule has 6 heteroatoms. The summed E-state index contributed by atoms with van der Waals surface area (Å²) in [4.78, 5) is 4.31. The number of halogens is 1. The number of nitrogens with zero attached hydrogens (tertiary/aromatic N) is 3. The van der Waals surface area contributed by atoms with Crippen molar-refractivity contribution in [1.82, 2.24) is 14.6 Å². The monoisotopic (exact) mass is 304 g/mol. The zero-order valence-electron chi connectivity index (χ0n) is 9.25. The molecule has 0 unspecified atom stereocenters. The average molecular weight is 305 g/mol. The maximum absolute atomic E-state index is 5.74. The predicted molar refractivity (Wildman–Crippen MR) is 71.6 cm³/mol. The summed E-state index contributed by atoms with van der Waals surface area (Å²) in [5, 5.41) is 4.07. The number of aromatic nitrogens is 3. The summed E-state index contributed by atoms with van der Waals surface area (Å²) < 4.78 is 8.19. The van der Waals surface area contributed by atoms with E-state index in [0.29, 0.717) is 17.3 Å². The summed E-state index contributed by atoms with van der Waals surface area (Å²) >= 11 is 3.37. The third kappa shape index (κ3) is 2.14. The Morgan fingerprint density at radius 3 is 2.94 bits per heavy atom. The van der Waals surface area contributed by atoms with Gasteiger partial charge in [-0.15, -0.1) is 0 Å². The van der Waals surface area contributed by atoms with E-state index in [2.05, 4.69) is 26.0 Å². The molecule has 0 radical (unpaired) electrons. The highest BCUT2D eigenvalue weighted by Gasteiger charge is 2.03. The summed E-state index contributed by atoms with van der Waals surface area (Å²) in [5.74, 6) is 1.14. The second kappa shape index (κ2) is 4.30. The van der Waals surface area contributed by atoms with Crippen molar-refractivity contribution in [3.63, 3.8) is 0 Å². The van der Waals surface area contributed by atoms with Crippen LogP contribution < -0.4 is 10.5 Å². The highest BCUT2D eigenvalue weighted by Crippen LogP contribution is 2.26. The molecule has 0 spiro atoms. The third-order valence-electron chi connectivity index (χ3n) is 2.35. The van der Waals surface area contributed by atoms with E-state index in [1.807, 2.05) is 12.1 Å². The van der Waals surface area contributed by atoms with Gasteiger partial charge in [0.05, 0.1) is 6.20 Å². The van der Waals surface area contributed by atoms with Gasteiger partial charge in [0.2, 0.25) is 5.88 Å². The van der Waals surface area contributed by atoms with E-state index in [1.54, 1.807) is 35.1 Å². The van der Waals surface area contributed by atoms with Crippen molar-refractivity contribution >= 4 is 27.3 Å². The Morgan fingerprint density at radius 1 is 1.22 bits per heavy atom. The lowest BCUT2D eigenvalue weighted by Crippen LogP contribution is -1.94. The molecule has 0 saturated carbocycles. The van der Waals surface area contributed by atoms with Gasteiger partial charge in [0.1, 0.15) is 5.75 Å². The van der Waals surface area contributed by atoms with E-state index in [-0.39, 0.29) is 0 Å². The molecule has 0 saturated heterocycles. The molecular formula is C12H9BrN4O. The van der Waals surface area contributed by atoms with E-state index in [0.717, 1.165) is 10.1 Å². The number of hydrogen-bond donors (Lipinski definition) is 1. The molecule has 0 aliphatic carbocycles. The van der Waals surface area contributed by atoms with Crippen molar-refractivity contribution in [2.24, 2.45) is 0 Å². The first-order valence-electron chi connectivity index (χ1n) is 5.25. The zero-order valence-corrected chi connectivity index (χ0v) is 10.8. The number of fused-ring (bicyclic) bond motifs is 1. The standard InChI is InChI=1S/C12H9BrN4O/c13-8-5-9(14)7-10(6-8)18-12-2-4-17-11(16-12)1-3-15-17/h1-7H,14H2. The van der Waals surface area contributed by atoms with E-state index in [1.165, 1.54) is 0 Å². The highest BCUT2D eigenvalue weighted by molar-refractivity contribution is 9.10. The quantitative estimate of drug-likeness (QED) is 0.739. The zero-order chi connectivity index (χ0) is 12.5. The third-order valence-corrected chi connectivity index (χ3v) is 2.81. The number of hydrogen-bond acceptors (Lipinski definition) is 4. The minimum atomic E-state index is 0.500. The van der Waals surface area contributed by atoms with Gasteiger partial charge in [0, 0.05) is 34.6 Å². The molecule has 3 aromatic rings. The SMILES string of the molecule is Nc1cc(Br)cc(Oc2ccn3nccc3n2)c1. The number of benzene rings is 1. The second-order valence-electron chi connectivity index (χ2n) is 3.72. The Hall–Kier alpha value is -2.08. The lowest BCUT2D eigenvalue weighted by atomic mass is 10.3. The normalized spacial score (nSPS) is 10.7. The van der Waals surface area contributed by atoms with Crippen LogP contribution in [0.4, 0.5) is 5.69 Å². The van der Waals surface area contributed by atoms with Gasteiger partial charge in [0.15, 0.2) is 5.65 Å². The van der Waals surface area contributed by atoms with Gasteiger partial charge in [-0.05, 0) is 12.1 Å². The van der Waals surface area contributed by atoms with Gasteiger partial charge in [-0.1, -0.05) is 15.9 Å². The summed E-state index contributed by atoms with van der Waals surface area (Å²) in [5.41, 5.74) is 7.10. The maximum atomic E-state index is 5.74. The largest absolute Gasteiger partial charge is 0.439 e. The predicted octanol–water partition coefficient (Wildman–Crippen LogP) is 2.87. The van der Waals surface area contributed by atoms with Gasteiger partial charge < -0.3 is 10.5 Å². The summed E-state index contributed by atoms with van der Waals surface area (Å²) in [6, 6.07) is 8.94. The molecule has 0 aliphatic heterocycles. The molecule has 2 N–H and O–H groups in total. The molecular weight excluding hydrogens is 296 g/mol. The number of nitrogen functional groups attached to an aromatic ring is 1. The molecule has 3 rings (SSSR count). The van der Waals surface area contributed by atoms with Crippen LogP contribution in [0.5, 0.6) is 11.6 Å². The first-order valence-corrected chi connectivity index (χ1v) is 6.04. The lowest BCUT2D eigenvalue weighted by Gasteiger charge is -2.06. The molecule has 90 valence electrons. The Morgan fingerprint density at radius 2 is 2.11 bits per heavy atom. The van der Waals surface area contributed by atoms with E-state index < -0.39 is 0 Å². The van der Waals surface area contributed by atoms with Crippen molar-refractivity contribution in [3.05, 3.63) is 47.2 Å². The van der Waals surface area contributed by atoms with Crippen molar-refractivity contribution in [1.29, 1.82) is 0 Å². The molecule has 0 fully saturated rings. The van der Waals surface area contributed by atoms with E-state index >= 15 is 0 Å². The van der Waals surface area contributed by atoms with Crippen molar-refractivity contribution < 1.29 is 4.74 Å². The van der Waals surface area contributed by atoms with Gasteiger partial charge in [-0.2, -0.15) is 10.1 Å². The Labute approximate surface area is 111 Å². The summed E-state index contributed by atoms with van der Waals surface area (Å²) in [6.45, 7) is 0. The summed E-state index contributed by atoms with van der Waals surface area (Å²) in [7, 11) is 0. The van der Waals surface area contributed by atoms with Crippen LogP contribution in [0.1, 0.15) is 0 Å². The van der Waals surface area contributed by atoms with Crippen LogP contribution in [-0.2, 0) is 0 Å². The molecule has 0 atom stereocenters. The molecule has 2 aromatic heterocycles. The van der Waals surface area contributed by atoms with Crippen LogP contribution in [0.3, 0.4) is 0 Å². The van der Waals surface area contributed by atoms with Gasteiger partial charge >= 0.3 is 0 Å². The fraction of sp³-hybridized carbons (Fsp3) is 0. The second-order valence-corrected chi connectivity index (χ2v) is 4.64. The molecule has 5 nitrogen and oxygen atoms in total. The Kier molecular flexibility index (Phi) is 2.64. The van der Waals surface area contributed by atoms with Crippen LogP contribution in [0.25, 0.3) is 5.65 Å². The van der Waals surface area contributed by atoms with E-state index in [9.17, 15) is 0 Å². The average Bonchev–Trinajstić information content (AvgIpc) is 2.74. The fourth-order valence-electron chi connectivity index (χ4n) is 1.62. The number of rotatable bonds is 2. The van der Waals surface area contributed by atoms with Gasteiger partial charge in [-0.3, -0.25) is 0 Å². The fourth-order valence-corrected chi connectivity index (χ4v) is 2.11. The first kappa shape index (κ1) is 11.0. The molecule has 2 heterocycles. The van der Waals surface area contributed by atoms with Crippen LogP contribution in [-0.4, -0.2) is 14.6 Å². The number of anilines is 1. The van der Waals surface area contributed by atoms with Gasteiger partial charge in [0.25, 0.3) is 0 Å². The molecule has 0 bridgehead atoms. The first-order chi connectivity index (χ1) is 8.70. The van der Waals surface area contributed by atoms with Crippen LogP contribution in [0, 0.1) is 0 Å². The number of nitrogens with two attached hydrogens (primary N) is 1. The topological polar surface area (TPSA) is 65.4 Å². The molecule has 0 aliphatic rings. The smallest absolute Gasteiger partial charge is 0.222 e. The molecule has 1 aromatic carbocycles. The lowest BCUT2D eigenvalue weighted by molar-refractivity contribution is 0.463. The van der Waals surface area contributed by atoms with Crippen LogP contribution >= 0.6 is 15.9 Å². The molecule has 0 amide bonds. The Balaban J connectivity index is 1.95. The van der Waals surface area contributed by atoms with Crippen LogP contribution in [0.2, 0.25) is 0 Å². The van der Waals surface area contributed by atoms with Gasteiger partial charge in [-0.25, -0.2) is 4.52 Å². The minimum Gasteiger partial charge on any atom is -0.439 e. The van der Waals surface area contributed by atoms with Crippen molar-refractivity contribution in [2.75, 3.05) is 5.73 Å². The highest BCUT2D eigenvalue weighted by atomic mass is 79.9.